The van der Waals surface area contributed by atoms with Crippen molar-refractivity contribution in [3.8, 4) is 11.5 Å². The topological polar surface area (TPSA) is 97.1 Å². The summed E-state index contributed by atoms with van der Waals surface area (Å²) < 4.78 is 33.3. The van der Waals surface area contributed by atoms with Crippen LogP contribution in [0, 0.1) is 0 Å². The molecule has 0 amide bonds. The fraction of sp³-hybridized carbons (Fsp3) is 0.263. The third-order valence-electron chi connectivity index (χ3n) is 3.59. The molecule has 0 aliphatic rings. The van der Waals surface area contributed by atoms with Crippen molar-refractivity contribution in [1.29, 1.82) is 0 Å². The molecule has 2 aromatic carbocycles. The predicted octanol–water partition coefficient (Wildman–Crippen LogP) is 3.43. The molecule has 0 unspecified atom stereocenters. The van der Waals surface area contributed by atoms with Gasteiger partial charge in [-0.2, -0.15) is 4.98 Å². The summed E-state index contributed by atoms with van der Waals surface area (Å²) in [6, 6.07) is 16.2. The van der Waals surface area contributed by atoms with Crippen molar-refractivity contribution in [3.05, 3.63) is 60.2 Å². The van der Waals surface area contributed by atoms with E-state index in [1.807, 2.05) is 30.3 Å². The molecule has 0 saturated carbocycles. The number of sulfonamides is 1. The van der Waals surface area contributed by atoms with E-state index in [0.717, 1.165) is 5.56 Å². The van der Waals surface area contributed by atoms with Crippen LogP contribution in [0.5, 0.6) is 0 Å². The summed E-state index contributed by atoms with van der Waals surface area (Å²) >= 11 is 0. The number of nitrogens with zero attached hydrogens (tertiary/aromatic N) is 2. The molecular formula is C19H22N4O3S. The van der Waals surface area contributed by atoms with Crippen molar-refractivity contribution in [2.24, 2.45) is 0 Å². The monoisotopic (exact) mass is 386 g/mol. The molecule has 7 nitrogen and oxygen atoms in total. The van der Waals surface area contributed by atoms with Crippen LogP contribution in [0.1, 0.15) is 26.3 Å². The summed E-state index contributed by atoms with van der Waals surface area (Å²) in [5.74, 6) is 0.693. The molecule has 0 atom stereocenters. The second-order valence-corrected chi connectivity index (χ2v) is 8.76. The Morgan fingerprint density at radius 3 is 2.37 bits per heavy atom. The van der Waals surface area contributed by atoms with E-state index < -0.39 is 15.6 Å². The summed E-state index contributed by atoms with van der Waals surface area (Å²) in [5, 5.41) is 6.91. The Balaban J connectivity index is 1.77. The lowest BCUT2D eigenvalue weighted by Crippen LogP contribution is -2.40. The molecule has 0 aliphatic carbocycles. The molecular weight excluding hydrogens is 364 g/mol. The van der Waals surface area contributed by atoms with Gasteiger partial charge in [0.1, 0.15) is 0 Å². The SMILES string of the molecule is CC(C)(C)NS(=O)(=O)c1ccccc1CNc1noc(-c2ccccc2)n1. The average molecular weight is 386 g/mol. The molecule has 2 N–H and O–H groups in total. The predicted molar refractivity (Wildman–Crippen MR) is 104 cm³/mol. The van der Waals surface area contributed by atoms with Gasteiger partial charge in [-0.15, -0.1) is 0 Å². The van der Waals surface area contributed by atoms with Gasteiger partial charge in [-0.1, -0.05) is 36.4 Å². The van der Waals surface area contributed by atoms with Gasteiger partial charge >= 0.3 is 0 Å². The fourth-order valence-corrected chi connectivity index (χ4v) is 4.20. The van der Waals surface area contributed by atoms with E-state index >= 15 is 0 Å². The molecule has 3 rings (SSSR count). The first-order valence-electron chi connectivity index (χ1n) is 8.49. The minimum atomic E-state index is -3.65. The van der Waals surface area contributed by atoms with Gasteiger partial charge in [0.25, 0.3) is 11.8 Å². The van der Waals surface area contributed by atoms with Crippen LogP contribution in [0.15, 0.2) is 64.0 Å². The second-order valence-electron chi connectivity index (χ2n) is 7.11. The summed E-state index contributed by atoms with van der Waals surface area (Å²) in [5.41, 5.74) is 0.855. The molecule has 0 spiro atoms. The lowest BCUT2D eigenvalue weighted by atomic mass is 10.1. The third kappa shape index (κ3) is 4.93. The second kappa shape index (κ2) is 7.50. The molecule has 0 fully saturated rings. The summed E-state index contributed by atoms with van der Waals surface area (Å²) in [6.07, 6.45) is 0. The first-order chi connectivity index (χ1) is 12.7. The molecule has 0 bridgehead atoms. The van der Waals surface area contributed by atoms with Gasteiger partial charge in [-0.3, -0.25) is 0 Å². The Morgan fingerprint density at radius 2 is 1.67 bits per heavy atom. The number of aromatic nitrogens is 2. The number of rotatable bonds is 6. The van der Waals surface area contributed by atoms with Crippen LogP contribution in [0.25, 0.3) is 11.5 Å². The first kappa shape index (κ1) is 19.1. The van der Waals surface area contributed by atoms with Gasteiger partial charge < -0.3 is 9.84 Å². The average Bonchev–Trinajstić information content (AvgIpc) is 3.08. The van der Waals surface area contributed by atoms with Crippen molar-refractivity contribution in [2.75, 3.05) is 5.32 Å². The quantitative estimate of drug-likeness (QED) is 0.674. The number of nitrogens with one attached hydrogen (secondary N) is 2. The Kier molecular flexibility index (Phi) is 5.29. The van der Waals surface area contributed by atoms with Crippen molar-refractivity contribution in [3.63, 3.8) is 0 Å². The maximum absolute atomic E-state index is 12.7. The van der Waals surface area contributed by atoms with E-state index in [2.05, 4.69) is 20.2 Å². The smallest absolute Gasteiger partial charge is 0.264 e. The fourth-order valence-electron chi connectivity index (χ4n) is 2.54. The normalized spacial score (nSPS) is 12.1. The molecule has 27 heavy (non-hydrogen) atoms. The lowest BCUT2D eigenvalue weighted by molar-refractivity contribution is 0.432. The Labute approximate surface area is 158 Å². The lowest BCUT2D eigenvalue weighted by Gasteiger charge is -2.21. The molecule has 0 saturated heterocycles. The van der Waals surface area contributed by atoms with Gasteiger partial charge in [0.2, 0.25) is 10.0 Å². The first-order valence-corrected chi connectivity index (χ1v) is 9.98. The molecule has 8 heteroatoms. The number of anilines is 1. The van der Waals surface area contributed by atoms with E-state index in [-0.39, 0.29) is 11.4 Å². The van der Waals surface area contributed by atoms with Crippen LogP contribution in [0.3, 0.4) is 0 Å². The zero-order chi connectivity index (χ0) is 19.5. The molecule has 142 valence electrons. The summed E-state index contributed by atoms with van der Waals surface area (Å²) in [7, 11) is -3.65. The van der Waals surface area contributed by atoms with Crippen molar-refractivity contribution in [1.82, 2.24) is 14.9 Å². The molecule has 1 aromatic heterocycles. The number of hydrogen-bond donors (Lipinski definition) is 2. The summed E-state index contributed by atoms with van der Waals surface area (Å²) in [4.78, 5) is 4.51. The maximum Gasteiger partial charge on any atom is 0.264 e. The van der Waals surface area contributed by atoms with E-state index in [0.29, 0.717) is 17.4 Å². The van der Waals surface area contributed by atoms with E-state index in [1.165, 1.54) is 0 Å². The van der Waals surface area contributed by atoms with Crippen LogP contribution in [-0.4, -0.2) is 24.1 Å². The van der Waals surface area contributed by atoms with Gasteiger partial charge in [0.05, 0.1) is 4.90 Å². The Bertz CT molecular complexity index is 1010. The Hall–Kier alpha value is -2.71. The molecule has 1 heterocycles. The zero-order valence-corrected chi connectivity index (χ0v) is 16.2. The van der Waals surface area contributed by atoms with E-state index in [1.54, 1.807) is 45.0 Å². The van der Waals surface area contributed by atoms with Crippen LogP contribution in [-0.2, 0) is 16.6 Å². The zero-order valence-electron chi connectivity index (χ0n) is 15.4. The van der Waals surface area contributed by atoms with Crippen LogP contribution < -0.4 is 10.0 Å². The van der Waals surface area contributed by atoms with Gasteiger partial charge in [0, 0.05) is 17.6 Å². The Morgan fingerprint density at radius 1 is 1.00 bits per heavy atom. The van der Waals surface area contributed by atoms with Crippen LogP contribution in [0.2, 0.25) is 0 Å². The number of benzene rings is 2. The van der Waals surface area contributed by atoms with E-state index in [4.69, 9.17) is 4.52 Å². The highest BCUT2D eigenvalue weighted by molar-refractivity contribution is 7.89. The molecule has 0 aliphatic heterocycles. The van der Waals surface area contributed by atoms with Crippen LogP contribution in [0.4, 0.5) is 5.95 Å². The maximum atomic E-state index is 12.7. The summed E-state index contributed by atoms with van der Waals surface area (Å²) in [6.45, 7) is 5.65. The highest BCUT2D eigenvalue weighted by Crippen LogP contribution is 2.21. The standard InChI is InChI=1S/C19H22N4O3S/c1-19(2,3)23-27(24,25)16-12-8-7-11-15(16)13-20-18-21-17(26-22-18)14-9-5-4-6-10-14/h4-12,23H,13H2,1-3H3,(H,20,22). The number of hydrogen-bond acceptors (Lipinski definition) is 6. The van der Waals surface area contributed by atoms with Crippen molar-refractivity contribution >= 4 is 16.0 Å². The minimum absolute atomic E-state index is 0.221. The van der Waals surface area contributed by atoms with Crippen molar-refractivity contribution in [2.45, 2.75) is 37.8 Å². The van der Waals surface area contributed by atoms with E-state index in [9.17, 15) is 8.42 Å². The minimum Gasteiger partial charge on any atom is -0.347 e. The van der Waals surface area contributed by atoms with Gasteiger partial charge in [-0.25, -0.2) is 13.1 Å². The highest BCUT2D eigenvalue weighted by atomic mass is 32.2. The molecule has 0 radical (unpaired) electrons. The van der Waals surface area contributed by atoms with Gasteiger partial charge in [0.15, 0.2) is 0 Å². The largest absolute Gasteiger partial charge is 0.347 e. The van der Waals surface area contributed by atoms with Crippen LogP contribution >= 0.6 is 0 Å². The molecule has 3 aromatic rings. The third-order valence-corrected chi connectivity index (χ3v) is 5.44. The van der Waals surface area contributed by atoms with Gasteiger partial charge in [-0.05, 0) is 49.7 Å². The highest BCUT2D eigenvalue weighted by Gasteiger charge is 2.24. The van der Waals surface area contributed by atoms with Crippen molar-refractivity contribution < 1.29 is 12.9 Å².